The molecule has 66 valence electrons. The molecule has 0 spiro atoms. The van der Waals surface area contributed by atoms with Gasteiger partial charge in [-0.1, -0.05) is 0 Å². The number of rotatable bonds is 2. The van der Waals surface area contributed by atoms with Gasteiger partial charge >= 0.3 is 0 Å². The van der Waals surface area contributed by atoms with Crippen LogP contribution in [0.2, 0.25) is 0 Å². The largest absolute Gasteiger partial charge is 0.381 e. The van der Waals surface area contributed by atoms with Gasteiger partial charge in [0.15, 0.2) is 5.78 Å². The van der Waals surface area contributed by atoms with E-state index in [0.717, 1.165) is 19.4 Å². The summed E-state index contributed by atoms with van der Waals surface area (Å²) < 4.78 is 5.17. The van der Waals surface area contributed by atoms with Crippen LogP contribution < -0.4 is 0 Å². The Morgan fingerprint density at radius 1 is 1.75 bits per heavy atom. The summed E-state index contributed by atoms with van der Waals surface area (Å²) in [6, 6.07) is 1.96. The molecule has 0 aromatic carbocycles. The van der Waals surface area contributed by atoms with Gasteiger partial charge in [0.2, 0.25) is 0 Å². The van der Waals surface area contributed by atoms with Crippen molar-refractivity contribution in [3.05, 3.63) is 0 Å². The first-order valence-corrected chi connectivity index (χ1v) is 4.26. The van der Waals surface area contributed by atoms with Gasteiger partial charge in [-0.15, -0.1) is 0 Å². The molecule has 2 atom stereocenters. The van der Waals surface area contributed by atoms with E-state index in [4.69, 9.17) is 10.00 Å². The van der Waals surface area contributed by atoms with E-state index in [1.165, 1.54) is 0 Å². The molecule has 3 heteroatoms. The maximum absolute atomic E-state index is 11.4. The van der Waals surface area contributed by atoms with Crippen molar-refractivity contribution in [3.63, 3.8) is 0 Å². The molecule has 1 aliphatic heterocycles. The Labute approximate surface area is 72.3 Å². The average Bonchev–Trinajstić information content (AvgIpc) is 2.17. The van der Waals surface area contributed by atoms with Crippen LogP contribution in [0.1, 0.15) is 19.8 Å². The summed E-state index contributed by atoms with van der Waals surface area (Å²) in [5.74, 6) is -0.470. The summed E-state index contributed by atoms with van der Waals surface area (Å²) in [6.07, 6.45) is 1.82. The van der Waals surface area contributed by atoms with E-state index in [0.29, 0.717) is 6.61 Å². The molecule has 0 N–H and O–H groups in total. The van der Waals surface area contributed by atoms with E-state index in [1.54, 1.807) is 6.92 Å². The zero-order valence-corrected chi connectivity index (χ0v) is 7.25. The summed E-state index contributed by atoms with van der Waals surface area (Å²) in [6.45, 7) is 2.91. The van der Waals surface area contributed by atoms with Gasteiger partial charge in [0.05, 0.1) is 12.7 Å². The quantitative estimate of drug-likeness (QED) is 0.619. The zero-order valence-electron chi connectivity index (χ0n) is 7.25. The van der Waals surface area contributed by atoms with Crippen molar-refractivity contribution in [3.8, 4) is 6.07 Å². The van der Waals surface area contributed by atoms with Gasteiger partial charge in [-0.25, -0.2) is 0 Å². The number of hydrogen-bond acceptors (Lipinski definition) is 3. The lowest BCUT2D eigenvalue weighted by atomic mass is 9.91. The predicted molar refractivity (Wildman–Crippen MR) is 43.3 cm³/mol. The minimum absolute atomic E-state index is 0.0339. The number of ketones is 1. The number of Topliss-reactive ketones (excluding diaryl/α,β-unsaturated/α-hetero) is 1. The van der Waals surface area contributed by atoms with Crippen molar-refractivity contribution in [2.75, 3.05) is 13.2 Å². The van der Waals surface area contributed by atoms with Crippen LogP contribution in [0.5, 0.6) is 0 Å². The number of ether oxygens (including phenoxy) is 1. The lowest BCUT2D eigenvalue weighted by molar-refractivity contribution is -0.128. The molecule has 1 aliphatic rings. The molecule has 12 heavy (non-hydrogen) atoms. The molecular weight excluding hydrogens is 154 g/mol. The van der Waals surface area contributed by atoms with Crippen LogP contribution in [0.4, 0.5) is 0 Å². The topological polar surface area (TPSA) is 50.1 Å². The molecule has 0 aromatic rings. The Morgan fingerprint density at radius 2 is 2.50 bits per heavy atom. The number of nitriles is 1. The number of hydrogen-bond donors (Lipinski definition) is 0. The molecule has 0 radical (unpaired) electrons. The highest BCUT2D eigenvalue weighted by molar-refractivity contribution is 5.85. The Morgan fingerprint density at radius 3 is 3.00 bits per heavy atom. The molecule has 0 bridgehead atoms. The molecule has 1 fully saturated rings. The first-order chi connectivity index (χ1) is 5.75. The molecule has 1 saturated heterocycles. The first kappa shape index (κ1) is 9.21. The van der Waals surface area contributed by atoms with Gasteiger partial charge < -0.3 is 4.74 Å². The Kier molecular flexibility index (Phi) is 3.24. The van der Waals surface area contributed by atoms with Crippen LogP contribution in [-0.4, -0.2) is 19.0 Å². The molecule has 3 nitrogen and oxygen atoms in total. The summed E-state index contributed by atoms with van der Waals surface area (Å²) >= 11 is 0. The standard InChI is InChI=1S/C9H13NO2/c1-7(5-10)9(11)8-3-2-4-12-6-8/h7-8H,2-4,6H2,1H3. The van der Waals surface area contributed by atoms with Crippen molar-refractivity contribution in [1.82, 2.24) is 0 Å². The van der Waals surface area contributed by atoms with Crippen LogP contribution in [0, 0.1) is 23.2 Å². The number of carbonyl (C=O) groups excluding carboxylic acids is 1. The third kappa shape index (κ3) is 2.05. The summed E-state index contributed by atoms with van der Waals surface area (Å²) in [4.78, 5) is 11.4. The van der Waals surface area contributed by atoms with Crippen molar-refractivity contribution in [2.45, 2.75) is 19.8 Å². The van der Waals surface area contributed by atoms with Crippen LogP contribution in [0.25, 0.3) is 0 Å². The Hall–Kier alpha value is -0.880. The lowest BCUT2D eigenvalue weighted by Gasteiger charge is -2.21. The molecule has 0 amide bonds. The molecule has 1 heterocycles. The van der Waals surface area contributed by atoms with Gasteiger partial charge in [0.25, 0.3) is 0 Å². The van der Waals surface area contributed by atoms with E-state index in [9.17, 15) is 4.79 Å². The average molecular weight is 167 g/mol. The van der Waals surface area contributed by atoms with Crippen molar-refractivity contribution >= 4 is 5.78 Å². The van der Waals surface area contributed by atoms with Gasteiger partial charge in [-0.2, -0.15) is 5.26 Å². The molecule has 1 rings (SSSR count). The fourth-order valence-corrected chi connectivity index (χ4v) is 1.38. The van der Waals surface area contributed by atoms with Gasteiger partial charge in [0.1, 0.15) is 5.92 Å². The minimum atomic E-state index is -0.475. The smallest absolute Gasteiger partial charge is 0.155 e. The second kappa shape index (κ2) is 4.22. The predicted octanol–water partition coefficient (Wildman–Crippen LogP) is 1.14. The maximum Gasteiger partial charge on any atom is 0.155 e. The third-order valence-corrected chi connectivity index (χ3v) is 2.18. The van der Waals surface area contributed by atoms with E-state index in [1.807, 2.05) is 6.07 Å². The summed E-state index contributed by atoms with van der Waals surface area (Å²) in [5.41, 5.74) is 0. The lowest BCUT2D eigenvalue weighted by Crippen LogP contribution is -2.28. The number of carbonyl (C=O) groups is 1. The molecule has 0 saturated carbocycles. The van der Waals surface area contributed by atoms with Gasteiger partial charge in [-0.3, -0.25) is 4.79 Å². The maximum atomic E-state index is 11.4. The van der Waals surface area contributed by atoms with Crippen LogP contribution >= 0.6 is 0 Å². The third-order valence-electron chi connectivity index (χ3n) is 2.18. The van der Waals surface area contributed by atoms with Crippen molar-refractivity contribution in [2.24, 2.45) is 11.8 Å². The minimum Gasteiger partial charge on any atom is -0.381 e. The summed E-state index contributed by atoms with van der Waals surface area (Å²) in [7, 11) is 0. The monoisotopic (exact) mass is 167 g/mol. The SMILES string of the molecule is CC(C#N)C(=O)C1CCCOC1. The molecule has 0 aliphatic carbocycles. The van der Waals surface area contributed by atoms with E-state index >= 15 is 0 Å². The highest BCUT2D eigenvalue weighted by Crippen LogP contribution is 2.17. The van der Waals surface area contributed by atoms with E-state index in [2.05, 4.69) is 0 Å². The van der Waals surface area contributed by atoms with E-state index in [-0.39, 0.29) is 11.7 Å². The van der Waals surface area contributed by atoms with Crippen molar-refractivity contribution in [1.29, 1.82) is 5.26 Å². The highest BCUT2D eigenvalue weighted by Gasteiger charge is 2.25. The van der Waals surface area contributed by atoms with Crippen LogP contribution in [0.3, 0.4) is 0 Å². The van der Waals surface area contributed by atoms with Crippen LogP contribution in [0.15, 0.2) is 0 Å². The first-order valence-electron chi connectivity index (χ1n) is 4.26. The van der Waals surface area contributed by atoms with Crippen molar-refractivity contribution < 1.29 is 9.53 Å². The second-order valence-corrected chi connectivity index (χ2v) is 3.17. The number of nitrogens with zero attached hydrogens (tertiary/aromatic N) is 1. The molecular formula is C9H13NO2. The fraction of sp³-hybridized carbons (Fsp3) is 0.778. The fourth-order valence-electron chi connectivity index (χ4n) is 1.38. The molecule has 2 unspecified atom stereocenters. The van der Waals surface area contributed by atoms with Gasteiger partial charge in [-0.05, 0) is 19.8 Å². The van der Waals surface area contributed by atoms with E-state index < -0.39 is 5.92 Å². The highest BCUT2D eigenvalue weighted by atomic mass is 16.5. The second-order valence-electron chi connectivity index (χ2n) is 3.17. The normalized spacial score (nSPS) is 25.8. The molecule has 0 aromatic heterocycles. The zero-order chi connectivity index (χ0) is 8.97. The summed E-state index contributed by atoms with van der Waals surface area (Å²) in [5, 5.41) is 8.52. The van der Waals surface area contributed by atoms with Crippen LogP contribution in [-0.2, 0) is 9.53 Å². The Balaban J connectivity index is 2.46. The van der Waals surface area contributed by atoms with Gasteiger partial charge in [0, 0.05) is 12.5 Å². The Bertz CT molecular complexity index is 201.